The number of carbonyl (C=O) groups is 18. The molecule has 0 saturated carbocycles. The zero-order chi connectivity index (χ0) is 80.5. The van der Waals surface area contributed by atoms with Crippen molar-refractivity contribution in [3.63, 3.8) is 0 Å². The first-order valence-corrected chi connectivity index (χ1v) is 35.9. The number of carbonyl (C=O) groups excluding carboxylic acids is 17. The molecule has 2 fully saturated rings. The number of aromatic hydroxyl groups is 1. The molecule has 27 N–H and O–H groups in total. The summed E-state index contributed by atoms with van der Waals surface area (Å²) in [6.07, 6.45) is -3.29. The molecule has 2 aliphatic heterocycles. The third kappa shape index (κ3) is 31.0. The smallest absolute Gasteiger partial charge is 0.481 e. The fourth-order valence-corrected chi connectivity index (χ4v) is 11.8. The van der Waals surface area contributed by atoms with Gasteiger partial charge in [-0.1, -0.05) is 13.8 Å². The monoisotopic (exact) mass is 1580 g/mol. The number of phenols is 1. The van der Waals surface area contributed by atoms with Crippen LogP contribution in [0.5, 0.6) is 5.75 Å². The van der Waals surface area contributed by atoms with Gasteiger partial charge in [-0.2, -0.15) is 0 Å². The summed E-state index contributed by atoms with van der Waals surface area (Å²) in [5.41, 5.74) is 16.5. The third-order valence-electron chi connectivity index (χ3n) is 15.9. The standard InChI is InChI=1S/C62H96N20O24Se/c1-27(2)47-60(105)81-48(31(6)86)59(104)69-21-43(89)73-34(9-7-15-66-62(64)65)52(97)67-19-44(90)74-36(18-46(92)93)55(100)79-39(24-85)61(106)82-16-8-10-41(82)58(103)72-28(3)49(94)70-29(4)50(95)77-38(23-84)56(101)78-37(22-83)53(98)68-20-45(91)75-40(25-107-26-42(63)88)57(102)76-35(17-32-11-13-33(87)14-12-32)54(99)71-30(5)51(96)80-47/h11-14,27-31,34-41,47-48,83-87H,7-10,15-26H2,1-6H3,(H2,63,88)(H,67,97)(H,68,98)(H,69,104)(H,70,94)(H,71,99)(H,72,103)(H,73,89)(H,74,90)(H,75,91)(H,76,102)(H,77,95)(H,78,101)(H,79,100)(H,80,96)(H,81,105)(H,92,93)(H4,64,65,66)/t28-,29-,30-,31+,34-,35-,36-,37-,38-,39-,40-,41-,47-,48-/m0/s1. The zero-order valence-electron chi connectivity index (χ0n) is 59.3. The molecule has 0 unspecified atom stereocenters. The predicted octanol–water partition coefficient (Wildman–Crippen LogP) is -13.3. The molecule has 0 aliphatic carbocycles. The number of phenolic OH excluding ortho intramolecular Hbond substituents is 1. The summed E-state index contributed by atoms with van der Waals surface area (Å²) in [7, 11) is 0. The van der Waals surface area contributed by atoms with Crippen molar-refractivity contribution in [2.45, 2.75) is 175 Å². The van der Waals surface area contributed by atoms with Crippen LogP contribution in [-0.2, 0) is 92.7 Å². The average Bonchev–Trinajstić information content (AvgIpc) is 1.73. The predicted molar refractivity (Wildman–Crippen MR) is 370 cm³/mol. The van der Waals surface area contributed by atoms with Gasteiger partial charge < -0.3 is 79.3 Å². The number of carboxylic acids is 1. The van der Waals surface area contributed by atoms with Gasteiger partial charge >= 0.3 is 276 Å². The Morgan fingerprint density at radius 1 is 0.523 bits per heavy atom. The van der Waals surface area contributed by atoms with Crippen molar-refractivity contribution >= 4 is 127 Å². The van der Waals surface area contributed by atoms with Gasteiger partial charge in [0, 0.05) is 13.1 Å². The summed E-state index contributed by atoms with van der Waals surface area (Å²) in [6, 6.07) is -16.3. The topological polar surface area (TPSA) is 703 Å². The van der Waals surface area contributed by atoms with Gasteiger partial charge in [0.25, 0.3) is 0 Å². The van der Waals surface area contributed by atoms with Gasteiger partial charge in [-0.25, -0.2) is 0 Å². The number of carboxylic acid groups (broad SMARTS) is 1. The van der Waals surface area contributed by atoms with Crippen LogP contribution in [0.25, 0.3) is 0 Å². The van der Waals surface area contributed by atoms with Crippen molar-refractivity contribution < 1.29 is 117 Å². The molecule has 2 aliphatic rings. The van der Waals surface area contributed by atoms with E-state index < -0.39 is 258 Å². The summed E-state index contributed by atoms with van der Waals surface area (Å²) in [5, 5.41) is 94.5. The van der Waals surface area contributed by atoms with Crippen molar-refractivity contribution in [3.05, 3.63) is 29.8 Å². The van der Waals surface area contributed by atoms with Gasteiger partial charge in [0.05, 0.1) is 32.2 Å². The van der Waals surface area contributed by atoms with Crippen molar-refractivity contribution in [1.82, 2.24) is 84.7 Å². The molecule has 2 heterocycles. The first-order chi connectivity index (χ1) is 50.3. The number of hydrogen-bond acceptors (Lipinski definition) is 24. The van der Waals surface area contributed by atoms with E-state index in [4.69, 9.17) is 17.2 Å². The molecule has 0 spiro atoms. The van der Waals surface area contributed by atoms with Gasteiger partial charge in [-0.05, 0) is 46.5 Å². The van der Waals surface area contributed by atoms with Crippen LogP contribution in [0.1, 0.15) is 79.2 Å². The number of aliphatic imine (C=N–C) groups is 1. The second kappa shape index (κ2) is 44.8. The van der Waals surface area contributed by atoms with Gasteiger partial charge in [0.1, 0.15) is 42.3 Å². The molecule has 594 valence electrons. The van der Waals surface area contributed by atoms with E-state index in [1.165, 1.54) is 52.0 Å². The number of aliphatic carboxylic acids is 1. The minimum atomic E-state index is -2.00. The van der Waals surface area contributed by atoms with Crippen LogP contribution in [0.4, 0.5) is 0 Å². The van der Waals surface area contributed by atoms with Gasteiger partial charge in [-0.15, -0.1) is 0 Å². The van der Waals surface area contributed by atoms with Crippen LogP contribution in [0.3, 0.4) is 0 Å². The summed E-state index contributed by atoms with van der Waals surface area (Å²) < 4.78 is 0. The van der Waals surface area contributed by atoms with Crippen LogP contribution >= 0.6 is 0 Å². The number of nitrogens with one attached hydrogen (secondary N) is 15. The molecule has 107 heavy (non-hydrogen) atoms. The van der Waals surface area contributed by atoms with E-state index in [0.717, 1.165) is 18.7 Å². The maximum absolute atomic E-state index is 14.2. The van der Waals surface area contributed by atoms with E-state index in [-0.39, 0.29) is 67.5 Å². The number of rotatable bonds is 17. The van der Waals surface area contributed by atoms with Crippen LogP contribution in [0.2, 0.25) is 10.6 Å². The fourth-order valence-electron chi connectivity index (χ4n) is 10.1. The summed E-state index contributed by atoms with van der Waals surface area (Å²) in [4.78, 5) is 247. The number of hydrogen-bond donors (Lipinski definition) is 24. The Morgan fingerprint density at radius 2 is 0.963 bits per heavy atom. The Kier molecular flexibility index (Phi) is 37.8. The third-order valence-corrected chi connectivity index (χ3v) is 18.1. The molecule has 17 amide bonds. The number of guanidine groups is 1. The number of primary amides is 1. The molecular formula is C62H96N20O24Se. The van der Waals surface area contributed by atoms with Crippen molar-refractivity contribution in [3.8, 4) is 5.75 Å². The molecular weight excluding hydrogens is 1490 g/mol. The Hall–Kier alpha value is -10.9. The maximum atomic E-state index is 14.2. The van der Waals surface area contributed by atoms with E-state index in [2.05, 4.69) is 84.7 Å². The normalized spacial score (nSPS) is 26.3. The number of benzene rings is 1. The second-order valence-corrected chi connectivity index (χ2v) is 27.2. The van der Waals surface area contributed by atoms with Crippen LogP contribution < -0.4 is 97.0 Å². The molecule has 1 aromatic carbocycles. The SMILES string of the molecule is CC(C)[C@@H]1NC(=O)[C@H](C)NC(=O)[C@H](Cc2ccc(O)cc2)NC(=O)[C@H](C[Se]CC(N)=O)NC(=O)CNC(=O)[C@H](CO)NC(=O)[C@H](CO)NC(=O)[C@H](C)NC(=O)[C@H](C)NC(=O)[C@@H]2CCCN2C(=O)[C@H](CO)NC(=O)[C@H](CC(=O)O)NC(=O)CNC(=O)[C@H](CCCN=C(N)N)NC(=O)CNC(=O)[C@H]([C@@H](C)O)NC1=O. The molecule has 3 rings (SSSR count). The molecule has 44 nitrogen and oxygen atoms in total. The second-order valence-electron chi connectivity index (χ2n) is 25.0. The van der Waals surface area contributed by atoms with Crippen LogP contribution in [0.15, 0.2) is 29.3 Å². The number of nitrogens with zero attached hydrogens (tertiary/aromatic N) is 2. The molecule has 0 aromatic heterocycles. The quantitative estimate of drug-likeness (QED) is 0.0298. The van der Waals surface area contributed by atoms with E-state index >= 15 is 0 Å². The van der Waals surface area contributed by atoms with Crippen molar-refractivity contribution in [2.24, 2.45) is 28.1 Å². The minimum absolute atomic E-state index is 0.00360. The molecule has 0 bridgehead atoms. The summed E-state index contributed by atoms with van der Waals surface area (Å²) in [5.74, 6) is -21.5. The number of aliphatic hydroxyl groups is 4. The fraction of sp³-hybridized carbons (Fsp3) is 0.597. The number of fused-ring (bicyclic) bond motifs is 1. The van der Waals surface area contributed by atoms with Crippen LogP contribution in [-0.4, -0.2) is 300 Å². The Labute approximate surface area is 618 Å². The average molecular weight is 1580 g/mol. The molecule has 2 saturated heterocycles. The molecule has 45 heteroatoms. The number of amides is 17. The molecule has 0 radical (unpaired) electrons. The Bertz CT molecular complexity index is 3420. The number of aliphatic hydroxyl groups excluding tert-OH is 4. The number of nitrogens with two attached hydrogens (primary N) is 3. The van der Waals surface area contributed by atoms with Crippen molar-refractivity contribution in [1.29, 1.82) is 0 Å². The summed E-state index contributed by atoms with van der Waals surface area (Å²) in [6.45, 7) is 0.992. The minimum Gasteiger partial charge on any atom is -0.481 e. The Morgan fingerprint density at radius 3 is 1.50 bits per heavy atom. The van der Waals surface area contributed by atoms with Gasteiger partial charge in [0.2, 0.25) is 53.2 Å². The Balaban J connectivity index is 2.03. The first kappa shape index (κ1) is 90.3. The van der Waals surface area contributed by atoms with E-state index in [0.29, 0.717) is 5.56 Å². The zero-order valence-corrected chi connectivity index (χ0v) is 61.1. The van der Waals surface area contributed by atoms with E-state index in [1.54, 1.807) is 0 Å². The van der Waals surface area contributed by atoms with Gasteiger partial charge in [0.15, 0.2) is 5.96 Å². The summed E-state index contributed by atoms with van der Waals surface area (Å²) >= 11 is -0.807. The molecule has 1 aromatic rings. The molecule has 14 atom stereocenters. The van der Waals surface area contributed by atoms with E-state index in [1.807, 2.05) is 0 Å². The van der Waals surface area contributed by atoms with Gasteiger partial charge in [-0.3, -0.25) is 57.7 Å². The van der Waals surface area contributed by atoms with Crippen LogP contribution in [0, 0.1) is 5.92 Å². The first-order valence-electron chi connectivity index (χ1n) is 33.5. The van der Waals surface area contributed by atoms with E-state index in [9.17, 15) is 117 Å². The van der Waals surface area contributed by atoms with Crippen molar-refractivity contribution in [2.75, 3.05) is 52.5 Å².